The summed E-state index contributed by atoms with van der Waals surface area (Å²) < 4.78 is 29.3. The predicted octanol–water partition coefficient (Wildman–Crippen LogP) is 4.46. The Kier molecular flexibility index (Phi) is 6.71. The molecule has 1 saturated carbocycles. The van der Waals surface area contributed by atoms with Crippen molar-refractivity contribution >= 4 is 16.8 Å². The quantitative estimate of drug-likeness (QED) is 0.460. The number of carbonyl (C=O) groups excluding carboxylic acids is 1. The summed E-state index contributed by atoms with van der Waals surface area (Å²) in [5, 5.41) is 11.1. The van der Waals surface area contributed by atoms with E-state index in [9.17, 15) is 13.6 Å². The standard InChI is InChI=1S/C26H33F2N5O/c1-17-11-19(7-10-29-17)22(26(8-9-26)25(2,27)28)14-24(34)30-16-21(33(3)4)13-18-5-6-23-20(12-18)15-31-32-23/h5-7,10-12,15,21-22H,8-9,13-14,16H2,1-4H3,(H,30,34)(H,31,32)/t21-,22-/m0/s1. The predicted molar refractivity (Wildman–Crippen MR) is 129 cm³/mol. The van der Waals surface area contributed by atoms with Crippen LogP contribution in [-0.4, -0.2) is 58.6 Å². The van der Waals surface area contributed by atoms with Gasteiger partial charge in [0.05, 0.1) is 11.7 Å². The summed E-state index contributed by atoms with van der Waals surface area (Å²) in [7, 11) is 3.96. The smallest absolute Gasteiger partial charge is 0.251 e. The van der Waals surface area contributed by atoms with Crippen molar-refractivity contribution in [2.45, 2.75) is 57.4 Å². The number of H-pyrrole nitrogens is 1. The Morgan fingerprint density at radius 2 is 2.03 bits per heavy atom. The molecule has 2 heterocycles. The number of nitrogens with zero attached hydrogens (tertiary/aromatic N) is 3. The van der Waals surface area contributed by atoms with Crippen molar-refractivity contribution in [2.24, 2.45) is 5.41 Å². The topological polar surface area (TPSA) is 73.9 Å². The van der Waals surface area contributed by atoms with E-state index in [2.05, 4.69) is 37.5 Å². The highest BCUT2D eigenvalue weighted by Crippen LogP contribution is 2.65. The monoisotopic (exact) mass is 469 g/mol. The number of amides is 1. The van der Waals surface area contributed by atoms with Crippen molar-refractivity contribution in [3.63, 3.8) is 0 Å². The van der Waals surface area contributed by atoms with Gasteiger partial charge in [0.25, 0.3) is 5.92 Å². The fourth-order valence-electron chi connectivity index (χ4n) is 4.96. The number of benzene rings is 1. The van der Waals surface area contributed by atoms with Gasteiger partial charge in [-0.25, -0.2) is 8.78 Å². The fraction of sp³-hybridized carbons (Fsp3) is 0.500. The van der Waals surface area contributed by atoms with Crippen molar-refractivity contribution < 1.29 is 13.6 Å². The molecule has 4 rings (SSSR count). The molecule has 0 saturated heterocycles. The van der Waals surface area contributed by atoms with E-state index in [1.807, 2.05) is 33.2 Å². The normalized spacial score (nSPS) is 17.0. The molecule has 8 heteroatoms. The molecule has 1 aliphatic rings. The Balaban J connectivity index is 1.45. The Morgan fingerprint density at radius 3 is 2.68 bits per heavy atom. The molecule has 2 aromatic heterocycles. The molecular weight excluding hydrogens is 436 g/mol. The number of alkyl halides is 2. The Labute approximate surface area is 199 Å². The second kappa shape index (κ2) is 9.41. The van der Waals surface area contributed by atoms with Crippen molar-refractivity contribution in [1.29, 1.82) is 0 Å². The maximum atomic E-state index is 14.6. The molecule has 3 aromatic rings. The van der Waals surface area contributed by atoms with Gasteiger partial charge in [-0.2, -0.15) is 5.10 Å². The summed E-state index contributed by atoms with van der Waals surface area (Å²) >= 11 is 0. The van der Waals surface area contributed by atoms with E-state index in [0.29, 0.717) is 19.4 Å². The molecule has 0 radical (unpaired) electrons. The highest BCUT2D eigenvalue weighted by atomic mass is 19.3. The zero-order chi connectivity index (χ0) is 24.5. The first-order chi connectivity index (χ1) is 16.1. The lowest BCUT2D eigenvalue weighted by Gasteiger charge is -2.32. The van der Waals surface area contributed by atoms with Crippen LogP contribution in [0.15, 0.2) is 42.7 Å². The number of likely N-dealkylation sites (N-methyl/N-ethyl adjacent to an activating group) is 1. The van der Waals surface area contributed by atoms with Crippen LogP contribution in [0.3, 0.4) is 0 Å². The molecule has 0 spiro atoms. The highest BCUT2D eigenvalue weighted by Gasteiger charge is 2.63. The lowest BCUT2D eigenvalue weighted by Crippen LogP contribution is -2.43. The number of aromatic nitrogens is 3. The van der Waals surface area contributed by atoms with Gasteiger partial charge < -0.3 is 10.2 Å². The number of halogens is 2. The lowest BCUT2D eigenvalue weighted by atomic mass is 9.77. The molecule has 1 fully saturated rings. The zero-order valence-corrected chi connectivity index (χ0v) is 20.2. The SMILES string of the molecule is Cc1cc([C@H](CC(=O)NC[C@H](Cc2ccc3[nH]ncc3c2)N(C)C)C2(C(C)(F)F)CC2)ccn1. The number of aryl methyl sites for hydroxylation is 1. The molecule has 1 aromatic carbocycles. The summed E-state index contributed by atoms with van der Waals surface area (Å²) in [4.78, 5) is 19.3. The number of hydrogen-bond acceptors (Lipinski definition) is 4. The van der Waals surface area contributed by atoms with E-state index < -0.39 is 17.3 Å². The van der Waals surface area contributed by atoms with Crippen LogP contribution in [0, 0.1) is 12.3 Å². The average molecular weight is 470 g/mol. The number of aromatic amines is 1. The third kappa shape index (κ3) is 5.12. The van der Waals surface area contributed by atoms with Gasteiger partial charge in [0.1, 0.15) is 0 Å². The number of carbonyl (C=O) groups is 1. The molecule has 0 aliphatic heterocycles. The summed E-state index contributed by atoms with van der Waals surface area (Å²) in [6, 6.07) is 9.83. The Hall–Kier alpha value is -2.87. The fourth-order valence-corrected chi connectivity index (χ4v) is 4.96. The number of pyridine rings is 1. The van der Waals surface area contributed by atoms with Crippen LogP contribution in [-0.2, 0) is 11.2 Å². The second-order valence-corrected chi connectivity index (χ2v) is 9.95. The van der Waals surface area contributed by atoms with E-state index in [-0.39, 0.29) is 18.4 Å². The molecule has 2 atom stereocenters. The Morgan fingerprint density at radius 1 is 1.26 bits per heavy atom. The van der Waals surface area contributed by atoms with Crippen molar-refractivity contribution in [2.75, 3.05) is 20.6 Å². The maximum Gasteiger partial charge on any atom is 0.251 e. The molecule has 182 valence electrons. The molecule has 1 amide bonds. The van der Waals surface area contributed by atoms with Crippen LogP contribution in [0.5, 0.6) is 0 Å². The van der Waals surface area contributed by atoms with E-state index >= 15 is 0 Å². The van der Waals surface area contributed by atoms with Crippen LogP contribution in [0.2, 0.25) is 0 Å². The molecule has 2 N–H and O–H groups in total. The Bertz CT molecular complexity index is 1150. The number of rotatable bonds is 10. The van der Waals surface area contributed by atoms with E-state index in [1.165, 1.54) is 0 Å². The van der Waals surface area contributed by atoms with Crippen molar-refractivity contribution in [3.05, 3.63) is 59.5 Å². The summed E-state index contributed by atoms with van der Waals surface area (Å²) in [6.07, 6.45) is 5.06. The molecule has 0 unspecified atom stereocenters. The first-order valence-electron chi connectivity index (χ1n) is 11.7. The lowest BCUT2D eigenvalue weighted by molar-refractivity contribution is -0.123. The first-order valence-corrected chi connectivity index (χ1v) is 11.7. The minimum Gasteiger partial charge on any atom is -0.355 e. The molecule has 6 nitrogen and oxygen atoms in total. The van der Waals surface area contributed by atoms with Gasteiger partial charge in [0, 0.05) is 47.6 Å². The van der Waals surface area contributed by atoms with Gasteiger partial charge in [-0.05, 0) is 82.6 Å². The first kappa shape index (κ1) is 24.3. The van der Waals surface area contributed by atoms with E-state index in [0.717, 1.165) is 41.1 Å². The van der Waals surface area contributed by atoms with E-state index in [4.69, 9.17) is 0 Å². The van der Waals surface area contributed by atoms with Crippen LogP contribution >= 0.6 is 0 Å². The van der Waals surface area contributed by atoms with Gasteiger partial charge in [-0.3, -0.25) is 14.9 Å². The van der Waals surface area contributed by atoms with Crippen LogP contribution < -0.4 is 5.32 Å². The number of nitrogens with one attached hydrogen (secondary N) is 2. The van der Waals surface area contributed by atoms with Crippen molar-refractivity contribution in [3.8, 4) is 0 Å². The van der Waals surface area contributed by atoms with Crippen LogP contribution in [0.4, 0.5) is 8.78 Å². The highest BCUT2D eigenvalue weighted by molar-refractivity contribution is 5.78. The molecule has 1 aliphatic carbocycles. The van der Waals surface area contributed by atoms with Gasteiger partial charge in [0.15, 0.2) is 0 Å². The molecule has 0 bridgehead atoms. The number of fused-ring (bicyclic) bond motifs is 1. The number of hydrogen-bond donors (Lipinski definition) is 2. The zero-order valence-electron chi connectivity index (χ0n) is 20.2. The van der Waals surface area contributed by atoms with E-state index in [1.54, 1.807) is 18.5 Å². The average Bonchev–Trinajstić information content (AvgIpc) is 3.46. The van der Waals surface area contributed by atoms with Gasteiger partial charge in [0.2, 0.25) is 5.91 Å². The maximum absolute atomic E-state index is 14.6. The van der Waals surface area contributed by atoms with Gasteiger partial charge in [-0.1, -0.05) is 6.07 Å². The minimum absolute atomic E-state index is 0.0357. The van der Waals surface area contributed by atoms with Gasteiger partial charge in [-0.15, -0.1) is 0 Å². The third-order valence-corrected chi connectivity index (χ3v) is 7.28. The second-order valence-electron chi connectivity index (χ2n) is 9.95. The summed E-state index contributed by atoms with van der Waals surface area (Å²) in [5.41, 5.74) is 2.49. The summed E-state index contributed by atoms with van der Waals surface area (Å²) in [5.74, 6) is -3.60. The van der Waals surface area contributed by atoms with Gasteiger partial charge >= 0.3 is 0 Å². The molecular formula is C26H33F2N5O. The minimum atomic E-state index is -2.85. The van der Waals surface area contributed by atoms with Crippen LogP contribution in [0.25, 0.3) is 10.9 Å². The summed E-state index contributed by atoms with van der Waals surface area (Å²) in [6.45, 7) is 3.26. The molecule has 34 heavy (non-hydrogen) atoms. The third-order valence-electron chi connectivity index (χ3n) is 7.28. The van der Waals surface area contributed by atoms with Crippen LogP contribution in [0.1, 0.15) is 48.9 Å². The van der Waals surface area contributed by atoms with Crippen molar-refractivity contribution in [1.82, 2.24) is 25.4 Å². The largest absolute Gasteiger partial charge is 0.355 e.